The predicted molar refractivity (Wildman–Crippen MR) is 57.2 cm³/mol. The normalized spacial score (nSPS) is 29.5. The summed E-state index contributed by atoms with van der Waals surface area (Å²) < 4.78 is 6.84. The molecule has 2 heterocycles. The Bertz CT molecular complexity index is 396. The number of ether oxygens (including phenoxy) is 1. The molecule has 3 atom stereocenters. The molecule has 0 radical (unpaired) electrons. The molecule has 88 valence electrons. The molecule has 1 aliphatic heterocycles. The van der Waals surface area contributed by atoms with E-state index in [2.05, 4.69) is 20.9 Å². The van der Waals surface area contributed by atoms with Gasteiger partial charge in [-0.05, 0) is 11.3 Å². The van der Waals surface area contributed by atoms with Gasteiger partial charge in [0, 0.05) is 0 Å². The van der Waals surface area contributed by atoms with Gasteiger partial charge < -0.3 is 20.0 Å². The number of nitro groups is 1. The second kappa shape index (κ2) is 4.48. The molecule has 0 aromatic carbocycles. The van der Waals surface area contributed by atoms with Crippen molar-refractivity contribution < 1.29 is 14.8 Å². The molecule has 1 saturated heterocycles. The van der Waals surface area contributed by atoms with Crippen LogP contribution in [0.5, 0.6) is 0 Å². The average molecular weight is 292 g/mol. The highest BCUT2D eigenvalue weighted by molar-refractivity contribution is 9.09. The molecule has 0 unspecified atom stereocenters. The fraction of sp³-hybridized carbons (Fsp3) is 0.625. The van der Waals surface area contributed by atoms with E-state index < -0.39 is 11.2 Å². The lowest BCUT2D eigenvalue weighted by Crippen LogP contribution is -2.17. The van der Waals surface area contributed by atoms with Crippen LogP contribution in [0.1, 0.15) is 12.6 Å². The minimum absolute atomic E-state index is 0.0717. The maximum absolute atomic E-state index is 10.7. The van der Waals surface area contributed by atoms with E-state index in [1.807, 2.05) is 0 Å². The van der Waals surface area contributed by atoms with Gasteiger partial charge in [0.2, 0.25) is 0 Å². The number of aromatic nitrogens is 2. The Morgan fingerprint density at radius 1 is 1.81 bits per heavy atom. The number of alkyl halides is 1. The Morgan fingerprint density at radius 3 is 3.12 bits per heavy atom. The number of halogens is 1. The molecule has 1 aromatic rings. The van der Waals surface area contributed by atoms with Gasteiger partial charge in [-0.2, -0.15) is 0 Å². The van der Waals surface area contributed by atoms with E-state index in [0.29, 0.717) is 6.42 Å². The van der Waals surface area contributed by atoms with Crippen molar-refractivity contribution >= 4 is 21.9 Å². The number of aliphatic hydroxyl groups is 1. The van der Waals surface area contributed by atoms with E-state index in [1.165, 1.54) is 17.0 Å². The molecule has 7 nitrogen and oxygen atoms in total. The molecule has 0 amide bonds. The number of hydrogen-bond donors (Lipinski definition) is 1. The quantitative estimate of drug-likeness (QED) is 0.506. The summed E-state index contributed by atoms with van der Waals surface area (Å²) in [4.78, 5) is 13.7. The summed E-state index contributed by atoms with van der Waals surface area (Å²) in [6.45, 7) is -0.0961. The zero-order valence-electron chi connectivity index (χ0n) is 8.19. The van der Waals surface area contributed by atoms with E-state index in [9.17, 15) is 10.1 Å². The Balaban J connectivity index is 2.24. The fourth-order valence-electron chi connectivity index (χ4n) is 1.71. The number of hydrogen-bond acceptors (Lipinski definition) is 5. The van der Waals surface area contributed by atoms with E-state index >= 15 is 0 Å². The van der Waals surface area contributed by atoms with Crippen LogP contribution in [0.25, 0.3) is 0 Å². The van der Waals surface area contributed by atoms with Gasteiger partial charge in [-0.25, -0.2) is 4.57 Å². The maximum atomic E-state index is 10.7. The largest absolute Gasteiger partial charge is 0.436 e. The zero-order valence-corrected chi connectivity index (χ0v) is 9.78. The second-order valence-corrected chi connectivity index (χ2v) is 4.65. The number of nitrogens with zero attached hydrogens (tertiary/aromatic N) is 3. The minimum Gasteiger partial charge on any atom is -0.394 e. The van der Waals surface area contributed by atoms with Gasteiger partial charge >= 0.3 is 5.95 Å². The summed E-state index contributed by atoms with van der Waals surface area (Å²) >= 11 is 3.38. The lowest BCUT2D eigenvalue weighted by atomic mass is 10.2. The summed E-state index contributed by atoms with van der Waals surface area (Å²) in [6.07, 6.45) is 2.66. The number of rotatable bonds is 3. The molecule has 0 bridgehead atoms. The monoisotopic (exact) mass is 291 g/mol. The maximum Gasteiger partial charge on any atom is 0.436 e. The van der Waals surface area contributed by atoms with Gasteiger partial charge in [0.25, 0.3) is 0 Å². The van der Waals surface area contributed by atoms with Crippen molar-refractivity contribution in [3.8, 4) is 0 Å². The molecule has 0 saturated carbocycles. The standard InChI is InChI=1S/C8H10BrN3O4/c9-6-3-5(4-13)16-7(6)11-2-1-10-8(11)12(14)15/h1-2,5-7,13H,3-4H2/t5-,6+,7+/m0/s1. The van der Waals surface area contributed by atoms with Crippen LogP contribution in [0.4, 0.5) is 5.95 Å². The van der Waals surface area contributed by atoms with Crippen molar-refractivity contribution in [2.75, 3.05) is 6.61 Å². The van der Waals surface area contributed by atoms with Crippen LogP contribution in [0.2, 0.25) is 0 Å². The number of aliphatic hydroxyl groups excluding tert-OH is 1. The highest BCUT2D eigenvalue weighted by Gasteiger charge is 2.39. The molecular weight excluding hydrogens is 282 g/mol. The fourth-order valence-corrected chi connectivity index (χ4v) is 2.50. The third-order valence-electron chi connectivity index (χ3n) is 2.42. The molecular formula is C8H10BrN3O4. The van der Waals surface area contributed by atoms with E-state index in [0.717, 1.165) is 0 Å². The van der Waals surface area contributed by atoms with Crippen molar-refractivity contribution in [2.24, 2.45) is 0 Å². The van der Waals surface area contributed by atoms with E-state index in [4.69, 9.17) is 9.84 Å². The smallest absolute Gasteiger partial charge is 0.394 e. The van der Waals surface area contributed by atoms with Gasteiger partial charge in [0.05, 0.1) is 17.5 Å². The first-order chi connectivity index (χ1) is 7.63. The Hall–Kier alpha value is -0.990. The van der Waals surface area contributed by atoms with Gasteiger partial charge in [-0.1, -0.05) is 20.9 Å². The molecule has 0 aliphatic carbocycles. The highest BCUT2D eigenvalue weighted by atomic mass is 79.9. The molecule has 8 heteroatoms. The zero-order chi connectivity index (χ0) is 11.7. The van der Waals surface area contributed by atoms with E-state index in [1.54, 1.807) is 0 Å². The summed E-state index contributed by atoms with van der Waals surface area (Å²) in [7, 11) is 0. The van der Waals surface area contributed by atoms with Gasteiger partial charge in [-0.3, -0.25) is 0 Å². The minimum atomic E-state index is -0.560. The van der Waals surface area contributed by atoms with Crippen LogP contribution in [-0.2, 0) is 4.74 Å². The third-order valence-corrected chi connectivity index (χ3v) is 3.24. The molecule has 2 rings (SSSR count). The Kier molecular flexibility index (Phi) is 3.22. The summed E-state index contributed by atoms with van der Waals surface area (Å²) in [5.41, 5.74) is 0. The first-order valence-electron chi connectivity index (χ1n) is 4.71. The van der Waals surface area contributed by atoms with Crippen molar-refractivity contribution in [1.82, 2.24) is 9.55 Å². The van der Waals surface area contributed by atoms with Crippen molar-refractivity contribution in [2.45, 2.75) is 23.6 Å². The molecule has 1 N–H and O–H groups in total. The molecule has 0 spiro atoms. The Labute approximate surface area is 99.3 Å². The first-order valence-corrected chi connectivity index (χ1v) is 5.62. The van der Waals surface area contributed by atoms with Gasteiger partial charge in [0.15, 0.2) is 6.23 Å². The predicted octanol–water partition coefficient (Wildman–Crippen LogP) is 0.835. The van der Waals surface area contributed by atoms with E-state index in [-0.39, 0.29) is 23.5 Å². The first kappa shape index (κ1) is 11.5. The van der Waals surface area contributed by atoms with Crippen LogP contribution < -0.4 is 0 Å². The molecule has 1 aromatic heterocycles. The summed E-state index contributed by atoms with van der Waals surface area (Å²) in [6, 6.07) is 0. The molecule has 1 aliphatic rings. The second-order valence-electron chi connectivity index (χ2n) is 3.47. The van der Waals surface area contributed by atoms with Crippen LogP contribution in [0.15, 0.2) is 12.4 Å². The lowest BCUT2D eigenvalue weighted by Gasteiger charge is -2.12. The molecule has 1 fully saturated rings. The van der Waals surface area contributed by atoms with Crippen LogP contribution >= 0.6 is 15.9 Å². The van der Waals surface area contributed by atoms with Crippen molar-refractivity contribution in [3.05, 3.63) is 22.5 Å². The van der Waals surface area contributed by atoms with Crippen LogP contribution in [-0.4, -0.2) is 37.1 Å². The third kappa shape index (κ3) is 1.95. The van der Waals surface area contributed by atoms with Crippen molar-refractivity contribution in [1.29, 1.82) is 0 Å². The van der Waals surface area contributed by atoms with Gasteiger partial charge in [-0.15, -0.1) is 0 Å². The van der Waals surface area contributed by atoms with Crippen LogP contribution in [0.3, 0.4) is 0 Å². The lowest BCUT2D eigenvalue weighted by molar-refractivity contribution is -0.398. The summed E-state index contributed by atoms with van der Waals surface area (Å²) in [5.74, 6) is -0.256. The Morgan fingerprint density at radius 2 is 2.56 bits per heavy atom. The van der Waals surface area contributed by atoms with Crippen LogP contribution in [0, 0.1) is 10.1 Å². The highest BCUT2D eigenvalue weighted by Crippen LogP contribution is 2.35. The topological polar surface area (TPSA) is 90.4 Å². The van der Waals surface area contributed by atoms with Crippen molar-refractivity contribution in [3.63, 3.8) is 0 Å². The number of imidazole rings is 1. The SMILES string of the molecule is O=[N+]([O-])c1nccn1[C@@H]1O[C@H](CO)C[C@H]1Br. The van der Waals surface area contributed by atoms with Gasteiger partial charge in [0.1, 0.15) is 12.4 Å². The average Bonchev–Trinajstić information content (AvgIpc) is 2.82. The summed E-state index contributed by atoms with van der Waals surface area (Å²) in [5, 5.41) is 19.7. The molecule has 16 heavy (non-hydrogen) atoms.